The summed E-state index contributed by atoms with van der Waals surface area (Å²) in [6.07, 6.45) is 2.66. The Hall–Kier alpha value is -1.14. The minimum absolute atomic E-state index is 0. The number of pyridine rings is 1. The van der Waals surface area contributed by atoms with Crippen molar-refractivity contribution in [1.82, 2.24) is 15.6 Å². The Balaban J connectivity index is 0.00000132. The largest absolute Gasteiger partial charge is 0.349 e. The van der Waals surface area contributed by atoms with Gasteiger partial charge in [0.15, 0.2) is 0 Å². The fourth-order valence-electron chi connectivity index (χ4n) is 2.57. The molecule has 2 aromatic rings. The van der Waals surface area contributed by atoms with Gasteiger partial charge in [-0.2, -0.15) is 0 Å². The summed E-state index contributed by atoms with van der Waals surface area (Å²) in [5.41, 5.74) is 3.06. The van der Waals surface area contributed by atoms with E-state index in [1.54, 1.807) is 12.3 Å². The van der Waals surface area contributed by atoms with Gasteiger partial charge in [0.25, 0.3) is 5.91 Å². The van der Waals surface area contributed by atoms with Gasteiger partial charge in [0, 0.05) is 23.3 Å². The summed E-state index contributed by atoms with van der Waals surface area (Å²) in [5.74, 6) is -0.146. The van der Waals surface area contributed by atoms with Crippen molar-refractivity contribution in [1.29, 1.82) is 0 Å². The summed E-state index contributed by atoms with van der Waals surface area (Å²) in [6.45, 7) is 1.50. The van der Waals surface area contributed by atoms with Crippen molar-refractivity contribution in [2.24, 2.45) is 0 Å². The monoisotopic (exact) mass is 417 g/mol. The number of halogens is 3. The molecule has 23 heavy (non-hydrogen) atoms. The first kappa shape index (κ1) is 19.9. The quantitative estimate of drug-likeness (QED) is 0.803. The summed E-state index contributed by atoms with van der Waals surface area (Å²) in [5, 5.41) is 6.40. The van der Waals surface area contributed by atoms with Crippen molar-refractivity contribution >= 4 is 46.7 Å². The average molecular weight is 419 g/mol. The maximum absolute atomic E-state index is 12.1. The molecule has 7 heteroatoms. The normalized spacial score (nSPS) is 15.6. The van der Waals surface area contributed by atoms with Crippen molar-refractivity contribution in [3.05, 3.63) is 63.9 Å². The van der Waals surface area contributed by atoms with E-state index in [0.29, 0.717) is 12.2 Å². The van der Waals surface area contributed by atoms with Gasteiger partial charge in [-0.15, -0.1) is 24.8 Å². The van der Waals surface area contributed by atoms with Gasteiger partial charge >= 0.3 is 0 Å². The number of aromatic nitrogens is 1. The molecular weight excluding hydrogens is 401 g/mol. The van der Waals surface area contributed by atoms with Gasteiger partial charge in [0.1, 0.15) is 5.69 Å². The van der Waals surface area contributed by atoms with Gasteiger partial charge in [-0.25, -0.2) is 4.98 Å². The molecule has 0 bridgehead atoms. The first-order chi connectivity index (χ1) is 10.2. The number of hydrogen-bond donors (Lipinski definition) is 2. The van der Waals surface area contributed by atoms with Crippen LogP contribution in [0.1, 0.15) is 27.7 Å². The van der Waals surface area contributed by atoms with E-state index in [9.17, 15) is 4.79 Å². The number of benzene rings is 1. The second kappa shape index (κ2) is 9.23. The van der Waals surface area contributed by atoms with Crippen LogP contribution in [-0.2, 0) is 6.42 Å². The zero-order valence-electron chi connectivity index (χ0n) is 12.3. The minimum atomic E-state index is -0.146. The van der Waals surface area contributed by atoms with Crippen LogP contribution < -0.4 is 10.6 Å². The third kappa shape index (κ3) is 4.91. The molecule has 0 radical (unpaired) electrons. The predicted molar refractivity (Wildman–Crippen MR) is 99.7 cm³/mol. The summed E-state index contributed by atoms with van der Waals surface area (Å²) in [7, 11) is 0. The molecule has 1 unspecified atom stereocenters. The third-order valence-electron chi connectivity index (χ3n) is 3.64. The molecule has 3 rings (SSSR count). The van der Waals surface area contributed by atoms with Gasteiger partial charge in [-0.05, 0) is 52.2 Å². The second-order valence-electron chi connectivity index (χ2n) is 5.03. The number of hydrogen-bond acceptors (Lipinski definition) is 3. The van der Waals surface area contributed by atoms with Crippen LogP contribution in [-0.4, -0.2) is 24.0 Å². The molecule has 4 nitrogen and oxygen atoms in total. The smallest absolute Gasteiger partial charge is 0.269 e. The summed E-state index contributed by atoms with van der Waals surface area (Å²) in [4.78, 5) is 16.2. The Morgan fingerprint density at radius 2 is 2.04 bits per heavy atom. The number of fused-ring (bicyclic) bond motifs is 1. The molecule has 1 aromatic carbocycles. The zero-order valence-corrected chi connectivity index (χ0v) is 15.5. The van der Waals surface area contributed by atoms with Gasteiger partial charge < -0.3 is 10.6 Å². The lowest BCUT2D eigenvalue weighted by atomic mass is 9.94. The summed E-state index contributed by atoms with van der Waals surface area (Å²) in [6, 6.07) is 12.1. The van der Waals surface area contributed by atoms with Gasteiger partial charge in [-0.3, -0.25) is 4.79 Å². The van der Waals surface area contributed by atoms with Crippen LogP contribution in [0.5, 0.6) is 0 Å². The van der Waals surface area contributed by atoms with Crippen molar-refractivity contribution in [3.63, 3.8) is 0 Å². The van der Waals surface area contributed by atoms with Crippen LogP contribution in [0.2, 0.25) is 0 Å². The maximum Gasteiger partial charge on any atom is 0.269 e. The van der Waals surface area contributed by atoms with Gasteiger partial charge in [0.2, 0.25) is 0 Å². The fourth-order valence-corrected chi connectivity index (χ4v) is 2.80. The Morgan fingerprint density at radius 3 is 2.78 bits per heavy atom. The van der Waals surface area contributed by atoms with E-state index in [1.165, 1.54) is 11.1 Å². The van der Waals surface area contributed by atoms with E-state index in [1.807, 2.05) is 12.1 Å². The number of nitrogens with zero attached hydrogens (tertiary/aromatic N) is 1. The van der Waals surface area contributed by atoms with E-state index in [2.05, 4.69) is 49.7 Å². The third-order valence-corrected chi connectivity index (χ3v) is 4.11. The van der Waals surface area contributed by atoms with Crippen molar-refractivity contribution in [3.8, 4) is 0 Å². The van der Waals surface area contributed by atoms with Gasteiger partial charge in [-0.1, -0.05) is 24.3 Å². The molecule has 0 spiro atoms. The molecule has 0 aliphatic carbocycles. The number of rotatable bonds is 3. The van der Waals surface area contributed by atoms with E-state index in [0.717, 1.165) is 17.4 Å². The Labute approximate surface area is 156 Å². The van der Waals surface area contributed by atoms with Crippen LogP contribution in [0, 0.1) is 0 Å². The van der Waals surface area contributed by atoms with Crippen LogP contribution >= 0.6 is 40.7 Å². The van der Waals surface area contributed by atoms with Crippen LogP contribution in [0.3, 0.4) is 0 Å². The highest BCUT2D eigenvalue weighted by molar-refractivity contribution is 9.10. The highest BCUT2D eigenvalue weighted by Gasteiger charge is 2.19. The van der Waals surface area contributed by atoms with Crippen molar-refractivity contribution < 1.29 is 4.79 Å². The molecule has 2 N–H and O–H groups in total. The standard InChI is InChI=1S/C16H16BrN3O.2ClH/c17-12-5-6-14(19-9-12)16(21)20-10-15-13-4-2-1-3-11(13)7-8-18-15;;/h1-6,9,15,18H,7-8,10H2,(H,20,21);2*1H. The van der Waals surface area contributed by atoms with E-state index >= 15 is 0 Å². The van der Waals surface area contributed by atoms with Crippen molar-refractivity contribution in [2.75, 3.05) is 13.1 Å². The first-order valence-corrected chi connectivity index (χ1v) is 7.74. The minimum Gasteiger partial charge on any atom is -0.349 e. The number of carbonyl (C=O) groups excluding carboxylic acids is 1. The van der Waals surface area contributed by atoms with Crippen LogP contribution in [0.4, 0.5) is 0 Å². The SMILES string of the molecule is Cl.Cl.O=C(NCC1NCCc2ccccc21)c1ccc(Br)cn1. The lowest BCUT2D eigenvalue weighted by Crippen LogP contribution is -2.39. The molecule has 1 aliphatic rings. The number of carbonyl (C=O) groups is 1. The van der Waals surface area contributed by atoms with E-state index in [-0.39, 0.29) is 36.8 Å². The Morgan fingerprint density at radius 1 is 1.26 bits per heavy atom. The lowest BCUT2D eigenvalue weighted by Gasteiger charge is -2.27. The molecule has 1 amide bonds. The maximum atomic E-state index is 12.1. The van der Waals surface area contributed by atoms with E-state index < -0.39 is 0 Å². The van der Waals surface area contributed by atoms with Crippen molar-refractivity contribution in [2.45, 2.75) is 12.5 Å². The number of nitrogens with one attached hydrogen (secondary N) is 2. The highest BCUT2D eigenvalue weighted by Crippen LogP contribution is 2.21. The molecule has 0 fully saturated rings. The molecule has 2 heterocycles. The number of amides is 1. The zero-order chi connectivity index (χ0) is 14.7. The first-order valence-electron chi connectivity index (χ1n) is 6.95. The fraction of sp³-hybridized carbons (Fsp3) is 0.250. The predicted octanol–water partition coefficient (Wildman–Crippen LogP) is 3.30. The topological polar surface area (TPSA) is 54.0 Å². The molecule has 124 valence electrons. The Bertz CT molecular complexity index is 652. The highest BCUT2D eigenvalue weighted by atomic mass is 79.9. The summed E-state index contributed by atoms with van der Waals surface area (Å²) < 4.78 is 0.863. The second-order valence-corrected chi connectivity index (χ2v) is 5.94. The van der Waals surface area contributed by atoms with E-state index in [4.69, 9.17) is 0 Å². The molecular formula is C16H18BrCl2N3O. The summed E-state index contributed by atoms with van der Waals surface area (Å²) >= 11 is 3.31. The van der Waals surface area contributed by atoms with Gasteiger partial charge in [0.05, 0.1) is 0 Å². The molecule has 0 saturated heterocycles. The molecule has 1 atom stereocenters. The lowest BCUT2D eigenvalue weighted by molar-refractivity contribution is 0.0944. The Kier molecular flexibility index (Phi) is 7.99. The average Bonchev–Trinajstić information content (AvgIpc) is 2.53. The van der Waals surface area contributed by atoms with Crippen LogP contribution in [0.25, 0.3) is 0 Å². The molecule has 1 aromatic heterocycles. The molecule has 0 saturated carbocycles. The molecule has 1 aliphatic heterocycles. The van der Waals surface area contributed by atoms with Crippen LogP contribution in [0.15, 0.2) is 47.1 Å².